The number of halogens is 4. The number of hydrogen-bond donors (Lipinski definition) is 0. The van der Waals surface area contributed by atoms with Crippen LogP contribution in [0.4, 0.5) is 17.6 Å². The molecule has 3 aromatic rings. The Morgan fingerprint density at radius 3 is 2.03 bits per heavy atom. The lowest BCUT2D eigenvalue weighted by molar-refractivity contribution is 0.314. The van der Waals surface area contributed by atoms with Crippen molar-refractivity contribution >= 4 is 0 Å². The Morgan fingerprint density at radius 1 is 0.735 bits per heavy atom. The molecular formula is C29H30F4O. The second-order valence-electron chi connectivity index (χ2n) is 9.10. The van der Waals surface area contributed by atoms with E-state index >= 15 is 4.39 Å². The van der Waals surface area contributed by atoms with Gasteiger partial charge in [-0.3, -0.25) is 0 Å². The molecule has 1 aliphatic carbocycles. The minimum absolute atomic E-state index is 0.0897. The van der Waals surface area contributed by atoms with E-state index in [0.717, 1.165) is 12.3 Å². The van der Waals surface area contributed by atoms with E-state index < -0.39 is 23.3 Å². The monoisotopic (exact) mass is 470 g/mol. The molecule has 1 aliphatic rings. The van der Waals surface area contributed by atoms with E-state index in [2.05, 4.69) is 6.92 Å². The quantitative estimate of drug-likeness (QED) is 0.298. The van der Waals surface area contributed by atoms with Crippen LogP contribution in [0.1, 0.15) is 63.9 Å². The number of hydrogen-bond acceptors (Lipinski definition) is 1. The third kappa shape index (κ3) is 4.84. The Bertz CT molecular complexity index is 1140. The van der Waals surface area contributed by atoms with Gasteiger partial charge in [0, 0.05) is 16.7 Å². The number of benzene rings is 3. The van der Waals surface area contributed by atoms with Gasteiger partial charge in [0.05, 0.1) is 6.61 Å². The number of rotatable bonds is 8. The van der Waals surface area contributed by atoms with E-state index in [1.807, 2.05) is 24.3 Å². The van der Waals surface area contributed by atoms with E-state index in [0.29, 0.717) is 11.5 Å². The first-order valence-electron chi connectivity index (χ1n) is 12.1. The molecule has 2 unspecified atom stereocenters. The van der Waals surface area contributed by atoms with Gasteiger partial charge in [0.1, 0.15) is 0 Å². The molecule has 0 aromatic heterocycles. The predicted octanol–water partition coefficient (Wildman–Crippen LogP) is 9.05. The van der Waals surface area contributed by atoms with Gasteiger partial charge < -0.3 is 4.74 Å². The molecule has 5 heteroatoms. The molecule has 0 N–H and O–H groups in total. The topological polar surface area (TPSA) is 9.23 Å². The second-order valence-corrected chi connectivity index (χ2v) is 9.10. The lowest BCUT2D eigenvalue weighted by Gasteiger charge is -2.14. The van der Waals surface area contributed by atoms with Crippen molar-refractivity contribution < 1.29 is 22.3 Å². The van der Waals surface area contributed by atoms with Crippen LogP contribution in [0.2, 0.25) is 0 Å². The van der Waals surface area contributed by atoms with E-state index in [4.69, 9.17) is 4.74 Å². The first-order valence-corrected chi connectivity index (χ1v) is 12.1. The SMILES string of the molecule is CCCCC1CCC(c2ccc(-c3ccc(-c4ccc(OCC)c(F)c4F)c(F)c3F)cc2)C1. The molecular weight excluding hydrogens is 440 g/mol. The molecule has 0 aliphatic heterocycles. The molecule has 1 saturated carbocycles. The molecule has 0 bridgehead atoms. The van der Waals surface area contributed by atoms with E-state index in [-0.39, 0.29) is 29.0 Å². The molecule has 1 fully saturated rings. The highest BCUT2D eigenvalue weighted by Gasteiger charge is 2.26. The Balaban J connectivity index is 1.57. The van der Waals surface area contributed by atoms with Crippen LogP contribution in [0.5, 0.6) is 5.75 Å². The second kappa shape index (κ2) is 10.6. The fourth-order valence-electron chi connectivity index (χ4n) is 5.05. The molecule has 0 radical (unpaired) electrons. The summed E-state index contributed by atoms with van der Waals surface area (Å²) in [5.41, 5.74) is 1.18. The van der Waals surface area contributed by atoms with Crippen LogP contribution in [0.3, 0.4) is 0 Å². The summed E-state index contributed by atoms with van der Waals surface area (Å²) < 4.78 is 63.8. The summed E-state index contributed by atoms with van der Waals surface area (Å²) in [4.78, 5) is 0. The molecule has 34 heavy (non-hydrogen) atoms. The average molecular weight is 471 g/mol. The van der Waals surface area contributed by atoms with Crippen LogP contribution in [-0.2, 0) is 0 Å². The number of unbranched alkanes of at least 4 members (excludes halogenated alkanes) is 1. The Labute approximate surface area is 198 Å². The molecule has 2 atom stereocenters. The summed E-state index contributed by atoms with van der Waals surface area (Å²) in [7, 11) is 0. The highest BCUT2D eigenvalue weighted by molar-refractivity contribution is 5.72. The van der Waals surface area contributed by atoms with E-state index in [1.54, 1.807) is 6.92 Å². The smallest absolute Gasteiger partial charge is 0.201 e. The average Bonchev–Trinajstić information content (AvgIpc) is 3.32. The molecule has 180 valence electrons. The first-order chi connectivity index (χ1) is 16.4. The van der Waals surface area contributed by atoms with Crippen molar-refractivity contribution in [3.8, 4) is 28.0 Å². The minimum atomic E-state index is -1.27. The molecule has 1 nitrogen and oxygen atoms in total. The third-order valence-electron chi connectivity index (χ3n) is 6.92. The minimum Gasteiger partial charge on any atom is -0.491 e. The van der Waals surface area contributed by atoms with Crippen LogP contribution in [0.15, 0.2) is 48.5 Å². The van der Waals surface area contributed by atoms with Crippen LogP contribution < -0.4 is 4.74 Å². The van der Waals surface area contributed by atoms with Gasteiger partial charge in [-0.15, -0.1) is 0 Å². The van der Waals surface area contributed by atoms with Crippen LogP contribution >= 0.6 is 0 Å². The summed E-state index contributed by atoms with van der Waals surface area (Å²) in [6.07, 6.45) is 7.36. The van der Waals surface area contributed by atoms with Gasteiger partial charge in [-0.2, -0.15) is 4.39 Å². The van der Waals surface area contributed by atoms with Gasteiger partial charge >= 0.3 is 0 Å². The third-order valence-corrected chi connectivity index (χ3v) is 6.92. The Hall–Kier alpha value is -2.82. The summed E-state index contributed by atoms with van der Waals surface area (Å²) in [6, 6.07) is 12.7. The van der Waals surface area contributed by atoms with Crippen molar-refractivity contribution in [2.24, 2.45) is 5.92 Å². The van der Waals surface area contributed by atoms with Gasteiger partial charge in [0.15, 0.2) is 23.2 Å². The first kappa shape index (κ1) is 24.3. The highest BCUT2D eigenvalue weighted by Crippen LogP contribution is 2.41. The van der Waals surface area contributed by atoms with Crippen molar-refractivity contribution in [3.05, 3.63) is 77.4 Å². The van der Waals surface area contributed by atoms with E-state index in [1.165, 1.54) is 61.9 Å². The predicted molar refractivity (Wildman–Crippen MR) is 128 cm³/mol. The zero-order valence-corrected chi connectivity index (χ0v) is 19.6. The fraction of sp³-hybridized carbons (Fsp3) is 0.379. The van der Waals surface area contributed by atoms with Crippen molar-refractivity contribution in [3.63, 3.8) is 0 Å². The maximum absolute atomic E-state index is 15.0. The zero-order chi connectivity index (χ0) is 24.2. The summed E-state index contributed by atoms with van der Waals surface area (Å²) in [5.74, 6) is -3.76. The molecule has 4 rings (SSSR count). The summed E-state index contributed by atoms with van der Waals surface area (Å²) in [6.45, 7) is 4.02. The van der Waals surface area contributed by atoms with E-state index in [9.17, 15) is 13.2 Å². The standard InChI is InChI=1S/C29H30F4O/c1-3-5-6-18-7-8-21(17-18)19-9-11-20(12-10-19)22-13-14-23(27(31)26(22)30)24-15-16-25(34-4-2)29(33)28(24)32/h9-16,18,21H,3-8,17H2,1-2H3. The van der Waals surface area contributed by atoms with Crippen molar-refractivity contribution in [2.45, 2.75) is 58.3 Å². The molecule has 0 amide bonds. The maximum Gasteiger partial charge on any atom is 0.201 e. The lowest BCUT2D eigenvalue weighted by atomic mass is 9.92. The maximum atomic E-state index is 15.0. The van der Waals surface area contributed by atoms with Gasteiger partial charge in [-0.25, -0.2) is 13.2 Å². The summed E-state index contributed by atoms with van der Waals surface area (Å²) >= 11 is 0. The lowest BCUT2D eigenvalue weighted by Crippen LogP contribution is -2.01. The molecule has 0 saturated heterocycles. The Kier molecular flexibility index (Phi) is 7.60. The highest BCUT2D eigenvalue weighted by atomic mass is 19.2. The fourth-order valence-corrected chi connectivity index (χ4v) is 5.05. The van der Waals surface area contributed by atoms with Crippen LogP contribution in [0.25, 0.3) is 22.3 Å². The normalized spacial score (nSPS) is 17.8. The van der Waals surface area contributed by atoms with Crippen molar-refractivity contribution in [2.75, 3.05) is 6.61 Å². The summed E-state index contributed by atoms with van der Waals surface area (Å²) in [5, 5.41) is 0. The largest absolute Gasteiger partial charge is 0.491 e. The van der Waals surface area contributed by atoms with Crippen LogP contribution in [0, 0.1) is 29.2 Å². The van der Waals surface area contributed by atoms with Crippen LogP contribution in [-0.4, -0.2) is 6.61 Å². The zero-order valence-electron chi connectivity index (χ0n) is 19.6. The van der Waals surface area contributed by atoms with Crippen molar-refractivity contribution in [1.29, 1.82) is 0 Å². The van der Waals surface area contributed by atoms with Gasteiger partial charge in [-0.1, -0.05) is 62.6 Å². The molecule has 3 aromatic carbocycles. The van der Waals surface area contributed by atoms with Crippen molar-refractivity contribution in [1.82, 2.24) is 0 Å². The Morgan fingerprint density at radius 2 is 1.35 bits per heavy atom. The van der Waals surface area contributed by atoms with Gasteiger partial charge in [0.25, 0.3) is 0 Å². The molecule has 0 spiro atoms. The van der Waals surface area contributed by atoms with Gasteiger partial charge in [0.2, 0.25) is 5.82 Å². The molecule has 0 heterocycles. The number of ether oxygens (including phenoxy) is 1. The van der Waals surface area contributed by atoms with Gasteiger partial charge in [-0.05, 0) is 61.3 Å².